The molecule has 0 amide bonds. The van der Waals surface area contributed by atoms with Crippen molar-refractivity contribution in [2.75, 3.05) is 11.9 Å². The molecule has 16 heavy (non-hydrogen) atoms. The van der Waals surface area contributed by atoms with Gasteiger partial charge < -0.3 is 4.90 Å². The van der Waals surface area contributed by atoms with Crippen LogP contribution in [0.3, 0.4) is 0 Å². The monoisotopic (exact) mass is 210 g/mol. The fourth-order valence-corrected chi connectivity index (χ4v) is 2.51. The minimum Gasteiger partial charge on any atom is -0.343 e. The normalized spacial score (nSPS) is 13.2. The van der Waals surface area contributed by atoms with Gasteiger partial charge in [-0.05, 0) is 30.2 Å². The first-order valence-electron chi connectivity index (χ1n) is 5.53. The van der Waals surface area contributed by atoms with Crippen LogP contribution in [0.4, 0.5) is 11.4 Å². The number of benzene rings is 1. The maximum atomic E-state index is 4.46. The van der Waals surface area contributed by atoms with Gasteiger partial charge >= 0.3 is 0 Å². The first kappa shape index (κ1) is 9.40. The summed E-state index contributed by atoms with van der Waals surface area (Å²) in [6.07, 6.45) is 2.81. The topological polar surface area (TPSA) is 16.1 Å². The van der Waals surface area contributed by atoms with Crippen LogP contribution in [-0.2, 0) is 6.42 Å². The lowest BCUT2D eigenvalue weighted by Gasteiger charge is -2.30. The van der Waals surface area contributed by atoms with Crippen LogP contribution < -0.4 is 4.90 Å². The predicted molar refractivity (Wildman–Crippen MR) is 66.3 cm³/mol. The molecule has 1 aliphatic rings. The van der Waals surface area contributed by atoms with Crippen LogP contribution in [-0.4, -0.2) is 12.0 Å². The SMILES string of the molecule is Cc1cccc2c1N(C)c1cccnc1C2. The predicted octanol–water partition coefficient (Wildman–Crippen LogP) is 3.06. The van der Waals surface area contributed by atoms with Gasteiger partial charge in [0.1, 0.15) is 0 Å². The molecule has 2 aromatic rings. The van der Waals surface area contributed by atoms with Crippen molar-refractivity contribution in [3.05, 3.63) is 53.3 Å². The van der Waals surface area contributed by atoms with E-state index in [1.807, 2.05) is 12.3 Å². The molecule has 2 heteroatoms. The molecule has 0 unspecified atom stereocenters. The van der Waals surface area contributed by atoms with Gasteiger partial charge in [0.15, 0.2) is 0 Å². The Balaban J connectivity index is 2.23. The minimum absolute atomic E-state index is 0.942. The first-order valence-corrected chi connectivity index (χ1v) is 5.53. The molecule has 0 fully saturated rings. The van der Waals surface area contributed by atoms with Crippen LogP contribution in [0.25, 0.3) is 0 Å². The molecular formula is C14H14N2. The summed E-state index contributed by atoms with van der Waals surface area (Å²) in [5.41, 5.74) is 6.43. The Morgan fingerprint density at radius 3 is 2.94 bits per heavy atom. The average Bonchev–Trinajstić information content (AvgIpc) is 2.29. The van der Waals surface area contributed by atoms with E-state index in [9.17, 15) is 0 Å². The molecule has 0 atom stereocenters. The van der Waals surface area contributed by atoms with Gasteiger partial charge in [-0.15, -0.1) is 0 Å². The second-order valence-electron chi connectivity index (χ2n) is 4.29. The summed E-state index contributed by atoms with van der Waals surface area (Å²) in [6.45, 7) is 2.16. The Morgan fingerprint density at radius 2 is 2.06 bits per heavy atom. The van der Waals surface area contributed by atoms with Gasteiger partial charge in [0.2, 0.25) is 0 Å². The quantitative estimate of drug-likeness (QED) is 0.664. The number of rotatable bonds is 0. The van der Waals surface area contributed by atoms with Gasteiger partial charge in [-0.3, -0.25) is 4.98 Å². The molecule has 0 saturated heterocycles. The Kier molecular flexibility index (Phi) is 1.96. The molecular weight excluding hydrogens is 196 g/mol. The fourth-order valence-electron chi connectivity index (χ4n) is 2.51. The summed E-state index contributed by atoms with van der Waals surface area (Å²) in [6, 6.07) is 10.6. The smallest absolute Gasteiger partial charge is 0.0684 e. The van der Waals surface area contributed by atoms with E-state index in [1.54, 1.807) is 0 Å². The van der Waals surface area contributed by atoms with Crippen molar-refractivity contribution >= 4 is 11.4 Å². The van der Waals surface area contributed by atoms with Gasteiger partial charge in [0.05, 0.1) is 11.4 Å². The van der Waals surface area contributed by atoms with E-state index in [0.29, 0.717) is 0 Å². The Labute approximate surface area is 95.6 Å². The van der Waals surface area contributed by atoms with Gasteiger partial charge in [-0.1, -0.05) is 18.2 Å². The molecule has 0 spiro atoms. The highest BCUT2D eigenvalue weighted by Crippen LogP contribution is 2.37. The number of para-hydroxylation sites is 1. The Bertz CT molecular complexity index is 546. The van der Waals surface area contributed by atoms with Crippen molar-refractivity contribution in [3.8, 4) is 0 Å². The number of pyridine rings is 1. The molecule has 0 N–H and O–H groups in total. The highest BCUT2D eigenvalue weighted by atomic mass is 15.1. The Hall–Kier alpha value is -1.83. The van der Waals surface area contributed by atoms with Crippen LogP contribution in [0, 0.1) is 6.92 Å². The molecule has 1 aliphatic heterocycles. The van der Waals surface area contributed by atoms with Gasteiger partial charge in [0, 0.05) is 25.4 Å². The standard InChI is InChI=1S/C14H14N2/c1-10-5-3-6-11-9-12-13(7-4-8-15-12)16(2)14(10)11/h3-8H,9H2,1-2H3. The number of hydrogen-bond donors (Lipinski definition) is 0. The number of fused-ring (bicyclic) bond motifs is 2. The van der Waals surface area contributed by atoms with Crippen molar-refractivity contribution < 1.29 is 0 Å². The third-order valence-electron chi connectivity index (χ3n) is 3.24. The molecule has 2 nitrogen and oxygen atoms in total. The van der Waals surface area contributed by atoms with Crippen molar-refractivity contribution in [2.24, 2.45) is 0 Å². The zero-order valence-corrected chi connectivity index (χ0v) is 9.57. The second kappa shape index (κ2) is 3.34. The summed E-state index contributed by atoms with van der Waals surface area (Å²) in [5, 5.41) is 0. The summed E-state index contributed by atoms with van der Waals surface area (Å²) < 4.78 is 0. The molecule has 0 aliphatic carbocycles. The van der Waals surface area contributed by atoms with Crippen LogP contribution in [0.15, 0.2) is 36.5 Å². The van der Waals surface area contributed by atoms with Crippen molar-refractivity contribution in [3.63, 3.8) is 0 Å². The molecule has 0 saturated carbocycles. The molecule has 0 radical (unpaired) electrons. The van der Waals surface area contributed by atoms with Gasteiger partial charge in [0.25, 0.3) is 0 Å². The van der Waals surface area contributed by atoms with E-state index in [0.717, 1.165) is 6.42 Å². The average molecular weight is 210 g/mol. The van der Waals surface area contributed by atoms with E-state index in [2.05, 4.69) is 48.1 Å². The largest absolute Gasteiger partial charge is 0.343 e. The maximum Gasteiger partial charge on any atom is 0.0684 e. The first-order chi connectivity index (χ1) is 7.77. The highest BCUT2D eigenvalue weighted by Gasteiger charge is 2.21. The van der Waals surface area contributed by atoms with E-state index in [4.69, 9.17) is 0 Å². The zero-order chi connectivity index (χ0) is 11.1. The molecule has 2 heterocycles. The lowest BCUT2D eigenvalue weighted by atomic mass is 9.97. The van der Waals surface area contributed by atoms with Gasteiger partial charge in [-0.25, -0.2) is 0 Å². The van der Waals surface area contributed by atoms with Crippen LogP contribution in [0.1, 0.15) is 16.8 Å². The summed E-state index contributed by atoms with van der Waals surface area (Å²) in [7, 11) is 2.12. The van der Waals surface area contributed by atoms with E-state index >= 15 is 0 Å². The van der Waals surface area contributed by atoms with Crippen molar-refractivity contribution in [1.82, 2.24) is 4.98 Å². The fraction of sp³-hybridized carbons (Fsp3) is 0.214. The van der Waals surface area contributed by atoms with E-state index in [-0.39, 0.29) is 0 Å². The maximum absolute atomic E-state index is 4.46. The summed E-state index contributed by atoms with van der Waals surface area (Å²) in [4.78, 5) is 6.70. The summed E-state index contributed by atoms with van der Waals surface area (Å²) >= 11 is 0. The lowest BCUT2D eigenvalue weighted by Crippen LogP contribution is -2.20. The van der Waals surface area contributed by atoms with E-state index in [1.165, 1.54) is 28.2 Å². The van der Waals surface area contributed by atoms with Crippen LogP contribution in [0.5, 0.6) is 0 Å². The molecule has 1 aromatic heterocycles. The van der Waals surface area contributed by atoms with Crippen molar-refractivity contribution in [1.29, 1.82) is 0 Å². The minimum atomic E-state index is 0.942. The number of aryl methyl sites for hydroxylation is 1. The molecule has 80 valence electrons. The van der Waals surface area contributed by atoms with Gasteiger partial charge in [-0.2, -0.15) is 0 Å². The summed E-state index contributed by atoms with van der Waals surface area (Å²) in [5.74, 6) is 0. The molecule has 0 bridgehead atoms. The molecule has 1 aromatic carbocycles. The second-order valence-corrected chi connectivity index (χ2v) is 4.29. The third kappa shape index (κ3) is 1.23. The lowest BCUT2D eigenvalue weighted by molar-refractivity contribution is 0.984. The molecule has 3 rings (SSSR count). The third-order valence-corrected chi connectivity index (χ3v) is 3.24. The van der Waals surface area contributed by atoms with Crippen molar-refractivity contribution in [2.45, 2.75) is 13.3 Å². The zero-order valence-electron chi connectivity index (χ0n) is 9.57. The highest BCUT2D eigenvalue weighted by molar-refractivity contribution is 5.74. The van der Waals surface area contributed by atoms with Crippen LogP contribution in [0.2, 0.25) is 0 Å². The van der Waals surface area contributed by atoms with Crippen LogP contribution >= 0.6 is 0 Å². The number of hydrogen-bond acceptors (Lipinski definition) is 2. The number of anilines is 2. The Morgan fingerprint density at radius 1 is 1.19 bits per heavy atom. The van der Waals surface area contributed by atoms with E-state index < -0.39 is 0 Å². The number of nitrogens with zero attached hydrogens (tertiary/aromatic N) is 2. The number of aromatic nitrogens is 1.